The number of carbonyl (C=O) groups excluding carboxylic acids is 1. The largest absolute Gasteiger partial charge is 0.588 e. The Balaban J connectivity index is 1.67. The molecule has 0 saturated carbocycles. The van der Waals surface area contributed by atoms with Crippen molar-refractivity contribution in [1.29, 1.82) is 0 Å². The minimum atomic E-state index is -1.51. The summed E-state index contributed by atoms with van der Waals surface area (Å²) in [5.41, 5.74) is 2.54. The van der Waals surface area contributed by atoms with Crippen molar-refractivity contribution < 1.29 is 9.35 Å². The summed E-state index contributed by atoms with van der Waals surface area (Å²) in [6.45, 7) is 7.94. The Morgan fingerprint density at radius 3 is 2.43 bits per heavy atom. The Labute approximate surface area is 209 Å². The fourth-order valence-electron chi connectivity index (χ4n) is 4.12. The first-order valence-corrected chi connectivity index (χ1v) is 12.8. The number of unbranched alkanes of at least 4 members (excludes halogenated alkanes) is 1. The first-order valence-electron chi connectivity index (χ1n) is 11.7. The van der Waals surface area contributed by atoms with E-state index in [1.54, 1.807) is 35.6 Å². The molecule has 1 aromatic carbocycles. The Morgan fingerprint density at radius 1 is 1.11 bits per heavy atom. The lowest BCUT2D eigenvalue weighted by Crippen LogP contribution is -2.55. The smallest absolute Gasteiger partial charge is 0.225 e. The van der Waals surface area contributed by atoms with Gasteiger partial charge < -0.3 is 4.55 Å². The van der Waals surface area contributed by atoms with E-state index in [0.29, 0.717) is 23.1 Å². The molecule has 1 aliphatic heterocycles. The number of aromatic nitrogens is 3. The highest BCUT2D eigenvalue weighted by molar-refractivity contribution is 7.89. The average Bonchev–Trinajstić information content (AvgIpc) is 2.88. The minimum absolute atomic E-state index is 0.0778. The lowest BCUT2D eigenvalue weighted by atomic mass is 9.94. The Morgan fingerprint density at radius 2 is 1.83 bits per heavy atom. The third-order valence-corrected chi connectivity index (χ3v) is 7.36. The van der Waals surface area contributed by atoms with Crippen LogP contribution in [0.4, 0.5) is 0 Å². The van der Waals surface area contributed by atoms with Crippen molar-refractivity contribution in [1.82, 2.24) is 24.2 Å². The molecular formula is C27H29N5O2S. The number of rotatable bonds is 10. The number of pyridine rings is 1. The molecule has 0 saturated heterocycles. The molecule has 0 radical (unpaired) electrons. The summed E-state index contributed by atoms with van der Waals surface area (Å²) < 4.78 is 15.7. The number of amides is 1. The van der Waals surface area contributed by atoms with Crippen molar-refractivity contribution in [3.63, 3.8) is 0 Å². The van der Waals surface area contributed by atoms with Crippen LogP contribution in [0, 0.1) is 0 Å². The molecule has 1 unspecified atom stereocenters. The summed E-state index contributed by atoms with van der Waals surface area (Å²) in [5, 5.41) is 0. The molecule has 4 rings (SSSR count). The highest BCUT2D eigenvalue weighted by atomic mass is 32.2. The number of nitrogens with zero attached hydrogens (tertiary/aromatic N) is 5. The summed E-state index contributed by atoms with van der Waals surface area (Å²) in [4.78, 5) is 28.0. The predicted molar refractivity (Wildman–Crippen MR) is 137 cm³/mol. The monoisotopic (exact) mass is 487 g/mol. The molecule has 0 aliphatic carbocycles. The van der Waals surface area contributed by atoms with Gasteiger partial charge in [-0.25, -0.2) is 9.97 Å². The lowest BCUT2D eigenvalue weighted by molar-refractivity contribution is -0.129. The summed E-state index contributed by atoms with van der Waals surface area (Å²) in [5.74, 6) is 1.10. The van der Waals surface area contributed by atoms with Crippen LogP contribution in [0.5, 0.6) is 0 Å². The minimum Gasteiger partial charge on any atom is -0.588 e. The van der Waals surface area contributed by atoms with Crippen LogP contribution in [-0.2, 0) is 22.7 Å². The summed E-state index contributed by atoms with van der Waals surface area (Å²) in [6, 6.07) is 14.7. The van der Waals surface area contributed by atoms with Crippen LogP contribution >= 0.6 is 0 Å². The van der Waals surface area contributed by atoms with Crippen molar-refractivity contribution in [3.8, 4) is 11.4 Å². The molecule has 0 bridgehead atoms. The number of hydrogen-bond acceptors (Lipinski definition) is 6. The molecule has 0 spiro atoms. The van der Waals surface area contributed by atoms with E-state index >= 15 is 0 Å². The Hall–Kier alpha value is -3.49. The zero-order valence-electron chi connectivity index (χ0n) is 20.0. The van der Waals surface area contributed by atoms with Gasteiger partial charge in [0.05, 0.1) is 12.2 Å². The first-order chi connectivity index (χ1) is 17.0. The standard InChI is InChI=1S/C27H29N5O2S/c1-4-6-11-25-24(5-2)27(31(20(3)33)19-22-10-7-8-16-28-22)32(25)35(34)23-14-12-21(13-15-23)26-29-17-9-18-30-26/h5,7-10,12-18,25H,2,4,6,11,19H2,1,3H3/t25-,35?/m0/s1. The van der Waals surface area contributed by atoms with E-state index in [1.165, 1.54) is 6.92 Å². The molecule has 8 heteroatoms. The maximum Gasteiger partial charge on any atom is 0.225 e. The van der Waals surface area contributed by atoms with Gasteiger partial charge in [-0.15, -0.1) is 0 Å². The van der Waals surface area contributed by atoms with Gasteiger partial charge in [0.1, 0.15) is 17.4 Å². The zero-order chi connectivity index (χ0) is 24.8. The molecule has 0 fully saturated rings. The quantitative estimate of drug-likeness (QED) is 0.379. The molecule has 35 heavy (non-hydrogen) atoms. The van der Waals surface area contributed by atoms with Gasteiger partial charge in [-0.2, -0.15) is 4.31 Å². The topological polar surface area (TPSA) is 85.3 Å². The second-order valence-corrected chi connectivity index (χ2v) is 9.60. The van der Waals surface area contributed by atoms with Crippen molar-refractivity contribution in [2.45, 2.75) is 50.6 Å². The van der Waals surface area contributed by atoms with E-state index in [-0.39, 0.29) is 11.9 Å². The molecule has 7 nitrogen and oxygen atoms in total. The van der Waals surface area contributed by atoms with Crippen LogP contribution in [-0.4, -0.2) is 40.7 Å². The highest BCUT2D eigenvalue weighted by Gasteiger charge is 2.47. The van der Waals surface area contributed by atoms with Crippen LogP contribution in [0.1, 0.15) is 38.8 Å². The van der Waals surface area contributed by atoms with Gasteiger partial charge >= 0.3 is 0 Å². The van der Waals surface area contributed by atoms with Crippen molar-refractivity contribution in [2.75, 3.05) is 0 Å². The van der Waals surface area contributed by atoms with Gasteiger partial charge in [-0.3, -0.25) is 14.7 Å². The summed E-state index contributed by atoms with van der Waals surface area (Å²) >= 11 is -1.51. The first kappa shape index (κ1) is 24.6. The molecule has 2 aromatic heterocycles. The molecule has 1 aliphatic rings. The van der Waals surface area contributed by atoms with Crippen LogP contribution in [0.3, 0.4) is 0 Å². The zero-order valence-corrected chi connectivity index (χ0v) is 20.8. The molecule has 180 valence electrons. The Bertz CT molecular complexity index is 1190. The molecule has 0 N–H and O–H groups in total. The predicted octanol–water partition coefficient (Wildman–Crippen LogP) is 4.88. The third kappa shape index (κ3) is 5.28. The molecule has 3 heterocycles. The van der Waals surface area contributed by atoms with E-state index in [2.05, 4.69) is 28.5 Å². The van der Waals surface area contributed by atoms with Crippen LogP contribution in [0.25, 0.3) is 11.4 Å². The van der Waals surface area contributed by atoms with Gasteiger partial charge in [0.2, 0.25) is 5.91 Å². The van der Waals surface area contributed by atoms with Crippen molar-refractivity contribution in [3.05, 3.63) is 96.9 Å². The fourth-order valence-corrected chi connectivity index (χ4v) is 5.53. The maximum absolute atomic E-state index is 13.9. The second-order valence-electron chi connectivity index (χ2n) is 8.24. The highest BCUT2D eigenvalue weighted by Crippen LogP contribution is 2.42. The van der Waals surface area contributed by atoms with Crippen LogP contribution < -0.4 is 0 Å². The normalized spacial score (nSPS) is 16.0. The summed E-state index contributed by atoms with van der Waals surface area (Å²) in [6.07, 6.45) is 9.71. The van der Waals surface area contributed by atoms with E-state index in [1.807, 2.05) is 46.8 Å². The van der Waals surface area contributed by atoms with E-state index in [4.69, 9.17) is 0 Å². The van der Waals surface area contributed by atoms with Gasteiger partial charge in [0.15, 0.2) is 16.5 Å². The fraction of sp³-hybridized carbons (Fsp3) is 0.259. The van der Waals surface area contributed by atoms with Crippen molar-refractivity contribution >= 4 is 17.3 Å². The number of carbonyl (C=O) groups is 1. The number of hydrogen-bond donors (Lipinski definition) is 0. The SMILES string of the molecule is C=CC1=C(N(Cc2ccccn2)C(C)=O)N([S+]([O-])c2ccc(-c3ncccn3)cc2)[C@H]1CCCC. The average molecular weight is 488 g/mol. The molecule has 2 atom stereocenters. The molecular weight excluding hydrogens is 458 g/mol. The van der Waals surface area contributed by atoms with Gasteiger partial charge in [-0.1, -0.05) is 38.5 Å². The molecule has 3 aromatic rings. The van der Waals surface area contributed by atoms with E-state index in [9.17, 15) is 9.35 Å². The van der Waals surface area contributed by atoms with Gasteiger partial charge in [-0.05, 0) is 48.9 Å². The lowest BCUT2D eigenvalue weighted by Gasteiger charge is -2.47. The number of benzene rings is 1. The van der Waals surface area contributed by atoms with Crippen LogP contribution in [0.15, 0.2) is 96.1 Å². The van der Waals surface area contributed by atoms with Gasteiger partial charge in [0, 0.05) is 36.7 Å². The summed E-state index contributed by atoms with van der Waals surface area (Å²) in [7, 11) is 0. The van der Waals surface area contributed by atoms with Gasteiger partial charge in [0.25, 0.3) is 0 Å². The Kier molecular flexibility index (Phi) is 7.94. The second kappa shape index (κ2) is 11.3. The maximum atomic E-state index is 13.9. The third-order valence-electron chi connectivity index (χ3n) is 5.90. The van der Waals surface area contributed by atoms with Crippen molar-refractivity contribution in [2.24, 2.45) is 0 Å². The van der Waals surface area contributed by atoms with E-state index < -0.39 is 11.4 Å². The van der Waals surface area contributed by atoms with E-state index in [0.717, 1.165) is 36.1 Å². The molecule has 1 amide bonds. The van der Waals surface area contributed by atoms with Crippen LogP contribution in [0.2, 0.25) is 0 Å².